The van der Waals surface area contributed by atoms with Crippen molar-refractivity contribution in [3.8, 4) is 0 Å². The van der Waals surface area contributed by atoms with Gasteiger partial charge in [0.25, 0.3) is 0 Å². The first-order valence-corrected chi connectivity index (χ1v) is 11.2. The van der Waals surface area contributed by atoms with Crippen LogP contribution in [0.25, 0.3) is 10.9 Å². The van der Waals surface area contributed by atoms with E-state index >= 15 is 0 Å². The summed E-state index contributed by atoms with van der Waals surface area (Å²) in [6, 6.07) is 12.6. The number of piperidine rings is 1. The number of hydrogen-bond donors (Lipinski definition) is 2. The van der Waals surface area contributed by atoms with Crippen LogP contribution in [0.15, 0.2) is 42.5 Å². The van der Waals surface area contributed by atoms with Gasteiger partial charge in [-0.05, 0) is 76.1 Å². The molecule has 1 aliphatic heterocycles. The maximum absolute atomic E-state index is 14.1. The van der Waals surface area contributed by atoms with E-state index in [0.717, 1.165) is 67.0 Å². The maximum atomic E-state index is 14.1. The molecule has 4 rings (SSSR count). The van der Waals surface area contributed by atoms with Gasteiger partial charge in [0.1, 0.15) is 11.6 Å². The number of H-pyrrole nitrogens is 1. The number of fused-ring (bicyclic) bond motifs is 1. The Kier molecular flexibility index (Phi) is 6.46. The molecular weight excluding hydrogens is 394 g/mol. The number of aromatic nitrogens is 1. The van der Waals surface area contributed by atoms with Crippen LogP contribution in [0.3, 0.4) is 0 Å². The minimum Gasteiger partial charge on any atom is -0.381 e. The van der Waals surface area contributed by atoms with Crippen molar-refractivity contribution in [1.82, 2.24) is 9.88 Å². The topological polar surface area (TPSA) is 34.3 Å². The van der Waals surface area contributed by atoms with Gasteiger partial charge in [0.2, 0.25) is 0 Å². The second-order valence-corrected chi connectivity index (χ2v) is 8.78. The summed E-state index contributed by atoms with van der Waals surface area (Å²) in [5, 5.41) is 4.38. The average Bonchev–Trinajstić information content (AvgIpc) is 3.12. The quantitative estimate of drug-likeness (QED) is 0.504. The molecule has 4 nitrogen and oxygen atoms in total. The number of anilines is 2. The molecule has 1 aliphatic rings. The van der Waals surface area contributed by atoms with Gasteiger partial charge in [-0.25, -0.2) is 8.78 Å². The number of halogens is 2. The van der Waals surface area contributed by atoms with Gasteiger partial charge >= 0.3 is 0 Å². The fourth-order valence-electron chi connectivity index (χ4n) is 4.68. The van der Waals surface area contributed by atoms with E-state index in [1.54, 1.807) is 18.2 Å². The molecule has 2 heterocycles. The van der Waals surface area contributed by atoms with Gasteiger partial charge in [-0.1, -0.05) is 0 Å². The third-order valence-electron chi connectivity index (χ3n) is 6.08. The van der Waals surface area contributed by atoms with Gasteiger partial charge < -0.3 is 15.2 Å². The van der Waals surface area contributed by atoms with Gasteiger partial charge in [0.15, 0.2) is 0 Å². The van der Waals surface area contributed by atoms with Crippen LogP contribution >= 0.6 is 0 Å². The first kappa shape index (κ1) is 21.6. The van der Waals surface area contributed by atoms with Crippen LogP contribution in [0, 0.1) is 11.6 Å². The number of benzene rings is 2. The molecule has 0 atom stereocenters. The molecule has 1 fully saturated rings. The predicted molar refractivity (Wildman–Crippen MR) is 125 cm³/mol. The van der Waals surface area contributed by atoms with E-state index in [1.165, 1.54) is 12.1 Å². The van der Waals surface area contributed by atoms with Gasteiger partial charge in [-0.15, -0.1) is 0 Å². The summed E-state index contributed by atoms with van der Waals surface area (Å²) in [7, 11) is 0. The van der Waals surface area contributed by atoms with Crippen molar-refractivity contribution in [2.45, 2.75) is 52.2 Å². The Balaban J connectivity index is 1.43. The van der Waals surface area contributed by atoms with Crippen molar-refractivity contribution in [3.63, 3.8) is 0 Å². The van der Waals surface area contributed by atoms with Gasteiger partial charge in [0, 0.05) is 54.9 Å². The number of nitrogens with one attached hydrogen (secondary N) is 2. The zero-order chi connectivity index (χ0) is 22.0. The second kappa shape index (κ2) is 9.27. The SMILES string of the molecule is CCN(c1cc(F)ccc1NC(C)C)C1CCN(Cc2cc3cc(F)ccc3[nH]2)CC1. The van der Waals surface area contributed by atoms with Crippen LogP contribution in [0.5, 0.6) is 0 Å². The Morgan fingerprint density at radius 2 is 1.77 bits per heavy atom. The number of aromatic amines is 1. The molecule has 0 aliphatic carbocycles. The standard InChI is InChI=1S/C25H32F2N4/c1-4-31(25-15-20(27)6-8-24(25)28-17(2)3)22-9-11-30(12-10-22)16-21-14-18-13-19(26)5-7-23(18)29-21/h5-8,13-15,17,22,28-29H,4,9-12,16H2,1-3H3. The molecule has 1 aromatic heterocycles. The number of rotatable bonds is 7. The van der Waals surface area contributed by atoms with E-state index < -0.39 is 0 Å². The predicted octanol–water partition coefficient (Wildman–Crippen LogP) is 5.76. The van der Waals surface area contributed by atoms with Crippen LogP contribution < -0.4 is 10.2 Å². The molecule has 0 spiro atoms. The summed E-state index contributed by atoms with van der Waals surface area (Å²) >= 11 is 0. The number of hydrogen-bond acceptors (Lipinski definition) is 3. The molecule has 0 unspecified atom stereocenters. The Labute approximate surface area is 183 Å². The molecule has 3 aromatic rings. The van der Waals surface area contributed by atoms with Crippen LogP contribution in [0.2, 0.25) is 0 Å². The van der Waals surface area contributed by atoms with Crippen molar-refractivity contribution in [1.29, 1.82) is 0 Å². The molecule has 2 N–H and O–H groups in total. The summed E-state index contributed by atoms with van der Waals surface area (Å²) < 4.78 is 27.5. The highest BCUT2D eigenvalue weighted by Gasteiger charge is 2.26. The van der Waals surface area contributed by atoms with Crippen LogP contribution in [-0.4, -0.2) is 41.6 Å². The van der Waals surface area contributed by atoms with Gasteiger partial charge in [-0.2, -0.15) is 0 Å². The number of likely N-dealkylation sites (tertiary alicyclic amines) is 1. The summed E-state index contributed by atoms with van der Waals surface area (Å²) in [6.07, 6.45) is 2.06. The summed E-state index contributed by atoms with van der Waals surface area (Å²) in [5.74, 6) is -0.405. The zero-order valence-corrected chi connectivity index (χ0v) is 18.6. The summed E-state index contributed by atoms with van der Waals surface area (Å²) in [5.41, 5.74) is 4.03. The van der Waals surface area contributed by atoms with Crippen LogP contribution in [-0.2, 0) is 6.54 Å². The Hall–Kier alpha value is -2.60. The Bertz CT molecular complexity index is 1020. The molecule has 0 saturated carbocycles. The van der Waals surface area contributed by atoms with Crippen molar-refractivity contribution < 1.29 is 8.78 Å². The van der Waals surface area contributed by atoms with E-state index in [1.807, 2.05) is 12.1 Å². The highest BCUT2D eigenvalue weighted by Crippen LogP contribution is 2.32. The minimum atomic E-state index is -0.206. The maximum Gasteiger partial charge on any atom is 0.125 e. The molecule has 6 heteroatoms. The molecule has 2 aromatic carbocycles. The second-order valence-electron chi connectivity index (χ2n) is 8.78. The summed E-state index contributed by atoms with van der Waals surface area (Å²) in [6.45, 7) is 9.96. The lowest BCUT2D eigenvalue weighted by Gasteiger charge is -2.40. The molecule has 0 amide bonds. The van der Waals surface area contributed by atoms with Crippen LogP contribution in [0.1, 0.15) is 39.3 Å². The lowest BCUT2D eigenvalue weighted by molar-refractivity contribution is 0.200. The van der Waals surface area contributed by atoms with Gasteiger partial charge in [0.05, 0.1) is 11.4 Å². The van der Waals surface area contributed by atoms with E-state index in [2.05, 4.69) is 40.9 Å². The van der Waals surface area contributed by atoms with E-state index in [-0.39, 0.29) is 17.7 Å². The monoisotopic (exact) mass is 426 g/mol. The first-order valence-electron chi connectivity index (χ1n) is 11.2. The number of nitrogens with zero attached hydrogens (tertiary/aromatic N) is 2. The Morgan fingerprint density at radius 3 is 2.48 bits per heavy atom. The van der Waals surface area contributed by atoms with Crippen molar-refractivity contribution in [3.05, 3.63) is 59.8 Å². The van der Waals surface area contributed by atoms with E-state index in [0.29, 0.717) is 6.04 Å². The van der Waals surface area contributed by atoms with Crippen molar-refractivity contribution in [2.75, 3.05) is 29.9 Å². The smallest absolute Gasteiger partial charge is 0.125 e. The van der Waals surface area contributed by atoms with Gasteiger partial charge in [-0.3, -0.25) is 4.90 Å². The largest absolute Gasteiger partial charge is 0.381 e. The van der Waals surface area contributed by atoms with Crippen molar-refractivity contribution in [2.24, 2.45) is 0 Å². The lowest BCUT2D eigenvalue weighted by Crippen LogP contribution is -2.45. The molecule has 166 valence electrons. The zero-order valence-electron chi connectivity index (χ0n) is 18.6. The normalized spacial score (nSPS) is 15.7. The lowest BCUT2D eigenvalue weighted by atomic mass is 10.0. The molecule has 0 radical (unpaired) electrons. The highest BCUT2D eigenvalue weighted by molar-refractivity contribution is 5.80. The molecule has 31 heavy (non-hydrogen) atoms. The molecule has 0 bridgehead atoms. The molecule has 1 saturated heterocycles. The summed E-state index contributed by atoms with van der Waals surface area (Å²) in [4.78, 5) is 8.18. The fourth-order valence-corrected chi connectivity index (χ4v) is 4.68. The van der Waals surface area contributed by atoms with E-state index in [9.17, 15) is 8.78 Å². The van der Waals surface area contributed by atoms with Crippen LogP contribution in [0.4, 0.5) is 20.2 Å². The third-order valence-corrected chi connectivity index (χ3v) is 6.08. The third kappa shape index (κ3) is 5.01. The van der Waals surface area contributed by atoms with Crippen molar-refractivity contribution >= 4 is 22.3 Å². The highest BCUT2D eigenvalue weighted by atomic mass is 19.1. The Morgan fingerprint density at radius 1 is 1.06 bits per heavy atom. The minimum absolute atomic E-state index is 0.199. The fraction of sp³-hybridized carbons (Fsp3) is 0.440. The average molecular weight is 427 g/mol. The van der Waals surface area contributed by atoms with E-state index in [4.69, 9.17) is 0 Å². The molecular formula is C25H32F2N4. The first-order chi connectivity index (χ1) is 14.9.